The predicted molar refractivity (Wildman–Crippen MR) is 74.9 cm³/mol. The smallest absolute Gasteiger partial charge is 0.125 e. The molecule has 0 radical (unpaired) electrons. The molecule has 18 heavy (non-hydrogen) atoms. The highest BCUT2D eigenvalue weighted by atomic mass is 19.1. The van der Waals surface area contributed by atoms with Crippen LogP contribution in [0.2, 0.25) is 0 Å². The van der Waals surface area contributed by atoms with E-state index < -0.39 is 0 Å². The van der Waals surface area contributed by atoms with Crippen LogP contribution in [0.25, 0.3) is 0 Å². The van der Waals surface area contributed by atoms with E-state index >= 15 is 0 Å². The van der Waals surface area contributed by atoms with Crippen LogP contribution in [0.4, 0.5) is 10.1 Å². The van der Waals surface area contributed by atoms with Crippen LogP contribution in [0.1, 0.15) is 18.9 Å². The van der Waals surface area contributed by atoms with Gasteiger partial charge in [0.05, 0.1) is 0 Å². The summed E-state index contributed by atoms with van der Waals surface area (Å²) in [6, 6.07) is 4.77. The van der Waals surface area contributed by atoms with Crippen LogP contribution < -0.4 is 5.73 Å². The van der Waals surface area contributed by atoms with Crippen LogP contribution in [0, 0.1) is 5.82 Å². The van der Waals surface area contributed by atoms with Crippen LogP contribution in [0.15, 0.2) is 18.2 Å². The van der Waals surface area contributed by atoms with Crippen molar-refractivity contribution in [3.8, 4) is 0 Å². The molecule has 0 aliphatic rings. The maximum Gasteiger partial charge on any atom is 0.125 e. The van der Waals surface area contributed by atoms with Crippen LogP contribution in [0.3, 0.4) is 0 Å². The third-order valence-corrected chi connectivity index (χ3v) is 2.79. The molecule has 0 unspecified atom stereocenters. The zero-order valence-corrected chi connectivity index (χ0v) is 11.6. The molecule has 0 atom stereocenters. The normalized spacial score (nSPS) is 11.4. The number of rotatable bonds is 7. The molecule has 0 saturated carbocycles. The van der Waals surface area contributed by atoms with E-state index in [1.165, 1.54) is 6.07 Å². The van der Waals surface area contributed by atoms with Crippen molar-refractivity contribution < 1.29 is 4.39 Å². The van der Waals surface area contributed by atoms with E-state index in [2.05, 4.69) is 30.8 Å². The van der Waals surface area contributed by atoms with Gasteiger partial charge in [0.15, 0.2) is 0 Å². The molecular weight excluding hydrogens is 229 g/mol. The number of halogens is 1. The van der Waals surface area contributed by atoms with Crippen molar-refractivity contribution in [2.24, 2.45) is 0 Å². The van der Waals surface area contributed by atoms with Gasteiger partial charge in [-0.15, -0.1) is 0 Å². The summed E-state index contributed by atoms with van der Waals surface area (Å²) in [5.74, 6) is -0.256. The van der Waals surface area contributed by atoms with Crippen LogP contribution >= 0.6 is 0 Å². The SMILES string of the molecule is CCCN(CCN(C)C)Cc1cc(N)cc(F)c1. The van der Waals surface area contributed by atoms with Gasteiger partial charge in [-0.05, 0) is 50.8 Å². The molecule has 0 aromatic heterocycles. The van der Waals surface area contributed by atoms with Crippen molar-refractivity contribution in [1.29, 1.82) is 0 Å². The van der Waals surface area contributed by atoms with Gasteiger partial charge in [0.25, 0.3) is 0 Å². The summed E-state index contributed by atoms with van der Waals surface area (Å²) < 4.78 is 13.3. The average molecular weight is 253 g/mol. The lowest BCUT2D eigenvalue weighted by molar-refractivity contribution is 0.234. The second-order valence-corrected chi connectivity index (χ2v) is 4.97. The Bertz CT molecular complexity index is 346. The van der Waals surface area contributed by atoms with Gasteiger partial charge in [0.2, 0.25) is 0 Å². The topological polar surface area (TPSA) is 32.5 Å². The van der Waals surface area contributed by atoms with Crippen molar-refractivity contribution in [2.75, 3.05) is 39.5 Å². The summed E-state index contributed by atoms with van der Waals surface area (Å²) >= 11 is 0. The number of anilines is 1. The first-order chi connectivity index (χ1) is 8.51. The molecule has 0 spiro atoms. The van der Waals surface area contributed by atoms with Gasteiger partial charge in [0.1, 0.15) is 5.82 Å². The number of likely N-dealkylation sites (N-methyl/N-ethyl adjacent to an activating group) is 1. The molecule has 0 aliphatic heterocycles. The number of hydrogen-bond acceptors (Lipinski definition) is 3. The van der Waals surface area contributed by atoms with Crippen molar-refractivity contribution in [2.45, 2.75) is 19.9 Å². The minimum atomic E-state index is -0.256. The van der Waals surface area contributed by atoms with Crippen LogP contribution in [0.5, 0.6) is 0 Å². The summed E-state index contributed by atoms with van der Waals surface area (Å²) in [7, 11) is 4.12. The van der Waals surface area contributed by atoms with Gasteiger partial charge >= 0.3 is 0 Å². The number of benzene rings is 1. The van der Waals surface area contributed by atoms with Gasteiger partial charge in [-0.2, -0.15) is 0 Å². The van der Waals surface area contributed by atoms with Gasteiger partial charge < -0.3 is 10.6 Å². The second-order valence-electron chi connectivity index (χ2n) is 4.97. The lowest BCUT2D eigenvalue weighted by Crippen LogP contribution is -2.32. The Kier molecular flexibility index (Phi) is 6.09. The fourth-order valence-electron chi connectivity index (χ4n) is 1.95. The highest BCUT2D eigenvalue weighted by molar-refractivity contribution is 5.41. The van der Waals surface area contributed by atoms with E-state index in [0.717, 1.165) is 38.2 Å². The number of nitrogens with two attached hydrogens (primary N) is 1. The van der Waals surface area contributed by atoms with Crippen LogP contribution in [-0.4, -0.2) is 43.5 Å². The molecule has 3 nitrogen and oxygen atoms in total. The summed E-state index contributed by atoms with van der Waals surface area (Å²) in [5, 5.41) is 0. The Balaban J connectivity index is 2.63. The maximum absolute atomic E-state index is 13.3. The number of nitrogens with zero attached hydrogens (tertiary/aromatic N) is 2. The lowest BCUT2D eigenvalue weighted by atomic mass is 10.1. The average Bonchev–Trinajstić information content (AvgIpc) is 2.24. The molecular formula is C14H24FN3. The first-order valence-corrected chi connectivity index (χ1v) is 6.43. The van der Waals surface area contributed by atoms with Crippen LogP contribution in [-0.2, 0) is 6.54 Å². The first kappa shape index (κ1) is 14.9. The molecule has 1 aromatic carbocycles. The molecule has 4 heteroatoms. The quantitative estimate of drug-likeness (QED) is 0.756. The molecule has 2 N–H and O–H groups in total. The predicted octanol–water partition coefficient (Wildman–Crippen LogP) is 2.18. The van der Waals surface area contributed by atoms with E-state index in [1.807, 2.05) is 6.07 Å². The highest BCUT2D eigenvalue weighted by Crippen LogP contribution is 2.13. The molecule has 0 saturated heterocycles. The van der Waals surface area contributed by atoms with Crippen molar-refractivity contribution in [1.82, 2.24) is 9.80 Å². The Morgan fingerprint density at radius 3 is 2.39 bits per heavy atom. The third kappa shape index (κ3) is 5.47. The van der Waals surface area contributed by atoms with Crippen molar-refractivity contribution in [3.63, 3.8) is 0 Å². The Hall–Kier alpha value is -1.13. The van der Waals surface area contributed by atoms with E-state index in [4.69, 9.17) is 5.73 Å². The largest absolute Gasteiger partial charge is 0.399 e. The molecule has 0 fully saturated rings. The molecule has 0 aliphatic carbocycles. The van der Waals surface area contributed by atoms with Crippen molar-refractivity contribution >= 4 is 5.69 Å². The van der Waals surface area contributed by atoms with E-state index in [1.54, 1.807) is 6.07 Å². The van der Waals surface area contributed by atoms with Gasteiger partial charge in [-0.3, -0.25) is 4.90 Å². The van der Waals surface area contributed by atoms with E-state index in [0.29, 0.717) is 5.69 Å². The van der Waals surface area contributed by atoms with E-state index in [-0.39, 0.29) is 5.82 Å². The monoisotopic (exact) mass is 253 g/mol. The van der Waals surface area contributed by atoms with E-state index in [9.17, 15) is 4.39 Å². The second kappa shape index (κ2) is 7.34. The minimum Gasteiger partial charge on any atom is -0.399 e. The summed E-state index contributed by atoms with van der Waals surface area (Å²) in [4.78, 5) is 4.48. The molecule has 1 rings (SSSR count). The standard InChI is InChI=1S/C14H24FN3/c1-4-5-18(7-6-17(2)3)11-12-8-13(15)10-14(16)9-12/h8-10H,4-7,11,16H2,1-3H3. The summed E-state index contributed by atoms with van der Waals surface area (Å²) in [6.07, 6.45) is 1.10. The van der Waals surface area contributed by atoms with Gasteiger partial charge in [-0.1, -0.05) is 6.92 Å². The third-order valence-electron chi connectivity index (χ3n) is 2.79. The zero-order chi connectivity index (χ0) is 13.5. The molecule has 102 valence electrons. The zero-order valence-electron chi connectivity index (χ0n) is 11.6. The molecule has 0 heterocycles. The fourth-order valence-corrected chi connectivity index (χ4v) is 1.95. The van der Waals surface area contributed by atoms with Crippen molar-refractivity contribution in [3.05, 3.63) is 29.6 Å². The first-order valence-electron chi connectivity index (χ1n) is 6.43. The number of nitrogen functional groups attached to an aromatic ring is 1. The highest BCUT2D eigenvalue weighted by Gasteiger charge is 2.07. The molecule has 0 bridgehead atoms. The van der Waals surface area contributed by atoms with Gasteiger partial charge in [-0.25, -0.2) is 4.39 Å². The Labute approximate surface area is 109 Å². The Morgan fingerprint density at radius 1 is 1.11 bits per heavy atom. The maximum atomic E-state index is 13.3. The summed E-state index contributed by atoms with van der Waals surface area (Å²) in [6.45, 7) is 5.92. The lowest BCUT2D eigenvalue weighted by Gasteiger charge is -2.23. The molecule has 0 amide bonds. The fraction of sp³-hybridized carbons (Fsp3) is 0.571. The minimum absolute atomic E-state index is 0.256. The Morgan fingerprint density at radius 2 is 1.83 bits per heavy atom. The molecule has 1 aromatic rings. The van der Waals surface area contributed by atoms with Gasteiger partial charge in [0, 0.05) is 25.3 Å². The summed E-state index contributed by atoms with van der Waals surface area (Å²) in [5.41, 5.74) is 7.10. The number of hydrogen-bond donors (Lipinski definition) is 1.